The summed E-state index contributed by atoms with van der Waals surface area (Å²) in [5.41, 5.74) is -2.30. The molecule has 0 spiro atoms. The van der Waals surface area contributed by atoms with E-state index in [1.54, 1.807) is 0 Å². The minimum atomic E-state index is -2.29. The summed E-state index contributed by atoms with van der Waals surface area (Å²) >= 11 is 6.92. The van der Waals surface area contributed by atoms with Crippen molar-refractivity contribution < 1.29 is 9.05 Å². The Labute approximate surface area is 128 Å². The first kappa shape index (κ1) is 19.5. The minimum Gasteiger partial charge on any atom is -0.321 e. The molecule has 19 heavy (non-hydrogen) atoms. The quantitative estimate of drug-likeness (QED) is 0.313. The van der Waals surface area contributed by atoms with Crippen molar-refractivity contribution in [2.24, 2.45) is 5.41 Å². The first-order valence-electron chi connectivity index (χ1n) is 6.93. The molecule has 0 unspecified atom stereocenters. The summed E-state index contributed by atoms with van der Waals surface area (Å²) < 4.78 is 11.6. The molecule has 0 bridgehead atoms. The number of hydrogen-bond donors (Lipinski definition) is 0. The number of hydrogen-bond acceptors (Lipinski definition) is 4. The molecule has 0 aliphatic rings. The Kier molecular flexibility index (Phi) is 10.5. The van der Waals surface area contributed by atoms with E-state index in [-0.39, 0.29) is 5.41 Å². The van der Waals surface area contributed by atoms with Crippen molar-refractivity contribution in [2.45, 2.75) is 60.3 Å². The van der Waals surface area contributed by atoms with Gasteiger partial charge in [0.2, 0.25) is 0 Å². The van der Waals surface area contributed by atoms with Crippen molar-refractivity contribution in [3.05, 3.63) is 0 Å². The van der Waals surface area contributed by atoms with Gasteiger partial charge in [0.05, 0.1) is 13.2 Å². The maximum Gasteiger partial charge on any atom is 0.259 e. The first-order valence-corrected chi connectivity index (χ1v) is 11.0. The SMILES string of the molecule is CCCCOP(=S)(OCCCC)SC#CC(C)(C)C. The third-order valence-corrected chi connectivity index (χ3v) is 6.37. The second-order valence-corrected chi connectivity index (χ2v) is 11.3. The molecular weight excluding hydrogens is 295 g/mol. The average molecular weight is 322 g/mol. The van der Waals surface area contributed by atoms with Gasteiger partial charge in [0.1, 0.15) is 0 Å². The van der Waals surface area contributed by atoms with Crippen molar-refractivity contribution in [1.82, 2.24) is 0 Å². The first-order chi connectivity index (χ1) is 8.83. The van der Waals surface area contributed by atoms with Crippen LogP contribution in [-0.2, 0) is 20.9 Å². The number of rotatable bonds is 9. The molecule has 0 amide bonds. The molecule has 0 radical (unpaired) electrons. The van der Waals surface area contributed by atoms with Gasteiger partial charge in [0.15, 0.2) is 0 Å². The lowest BCUT2D eigenvalue weighted by molar-refractivity contribution is 0.253. The maximum atomic E-state index is 5.80. The van der Waals surface area contributed by atoms with E-state index in [9.17, 15) is 0 Å². The van der Waals surface area contributed by atoms with Crippen LogP contribution in [0.1, 0.15) is 60.3 Å². The minimum absolute atomic E-state index is 0.0139. The van der Waals surface area contributed by atoms with Crippen LogP contribution in [0.15, 0.2) is 0 Å². The largest absolute Gasteiger partial charge is 0.321 e. The highest BCUT2D eigenvalue weighted by molar-refractivity contribution is 8.69. The normalized spacial score (nSPS) is 12.1. The molecular formula is C14H27O2PS2. The molecule has 0 aliphatic carbocycles. The summed E-state index contributed by atoms with van der Waals surface area (Å²) in [7, 11) is 0. The fourth-order valence-corrected chi connectivity index (χ4v) is 4.33. The molecule has 0 fully saturated rings. The molecule has 2 nitrogen and oxygen atoms in total. The summed E-state index contributed by atoms with van der Waals surface area (Å²) in [5.74, 6) is 3.17. The number of unbranched alkanes of at least 4 members (excludes halogenated alkanes) is 2. The highest BCUT2D eigenvalue weighted by Gasteiger charge is 2.19. The summed E-state index contributed by atoms with van der Waals surface area (Å²) in [6, 6.07) is 0. The Hall–Kier alpha value is 0.480. The molecule has 0 rings (SSSR count). The zero-order chi connectivity index (χ0) is 14.8. The molecule has 0 atom stereocenters. The fraction of sp³-hybridized carbons (Fsp3) is 0.857. The van der Waals surface area contributed by atoms with Gasteiger partial charge in [-0.05, 0) is 50.7 Å². The van der Waals surface area contributed by atoms with E-state index in [0.717, 1.165) is 25.7 Å². The van der Waals surface area contributed by atoms with Crippen molar-refractivity contribution in [1.29, 1.82) is 0 Å². The van der Waals surface area contributed by atoms with E-state index in [0.29, 0.717) is 13.2 Å². The second kappa shape index (κ2) is 10.2. The molecule has 0 aromatic rings. The van der Waals surface area contributed by atoms with Crippen LogP contribution in [0, 0.1) is 16.6 Å². The van der Waals surface area contributed by atoms with Crippen LogP contribution in [-0.4, -0.2) is 13.2 Å². The van der Waals surface area contributed by atoms with E-state index < -0.39 is 5.69 Å². The molecule has 0 saturated carbocycles. The van der Waals surface area contributed by atoms with Crippen molar-refractivity contribution >= 4 is 28.9 Å². The second-order valence-electron chi connectivity index (χ2n) is 5.39. The summed E-state index contributed by atoms with van der Waals surface area (Å²) in [4.78, 5) is 0. The highest BCUT2D eigenvalue weighted by Crippen LogP contribution is 2.60. The van der Waals surface area contributed by atoms with Gasteiger partial charge in [-0.2, -0.15) is 0 Å². The van der Waals surface area contributed by atoms with E-state index in [4.69, 9.17) is 20.9 Å². The zero-order valence-corrected chi connectivity index (χ0v) is 15.4. The lowest BCUT2D eigenvalue weighted by atomic mass is 9.99. The van der Waals surface area contributed by atoms with Gasteiger partial charge in [0, 0.05) is 16.8 Å². The molecule has 5 heteroatoms. The molecule has 0 heterocycles. The lowest BCUT2D eigenvalue weighted by Gasteiger charge is -2.19. The Balaban J connectivity index is 4.46. The van der Waals surface area contributed by atoms with Gasteiger partial charge in [0.25, 0.3) is 5.69 Å². The van der Waals surface area contributed by atoms with Crippen molar-refractivity contribution in [3.63, 3.8) is 0 Å². The van der Waals surface area contributed by atoms with Crippen molar-refractivity contribution in [2.75, 3.05) is 13.2 Å². The molecule has 0 aromatic heterocycles. The summed E-state index contributed by atoms with van der Waals surface area (Å²) in [5, 5.41) is 3.08. The van der Waals surface area contributed by atoms with Crippen LogP contribution in [0.3, 0.4) is 0 Å². The van der Waals surface area contributed by atoms with E-state index >= 15 is 0 Å². The smallest absolute Gasteiger partial charge is 0.259 e. The van der Waals surface area contributed by atoms with Gasteiger partial charge in [-0.3, -0.25) is 0 Å². The lowest BCUT2D eigenvalue weighted by Crippen LogP contribution is -1.99. The van der Waals surface area contributed by atoms with E-state index in [1.807, 2.05) is 0 Å². The van der Waals surface area contributed by atoms with Gasteiger partial charge >= 0.3 is 0 Å². The maximum absolute atomic E-state index is 5.80. The Morgan fingerprint density at radius 3 is 1.89 bits per heavy atom. The monoisotopic (exact) mass is 322 g/mol. The Bertz CT molecular complexity index is 326. The van der Waals surface area contributed by atoms with Crippen molar-refractivity contribution in [3.8, 4) is 11.2 Å². The van der Waals surface area contributed by atoms with Crippen LogP contribution in [0.4, 0.5) is 0 Å². The van der Waals surface area contributed by atoms with E-state index in [2.05, 4.69) is 45.8 Å². The third-order valence-electron chi connectivity index (χ3n) is 2.08. The van der Waals surface area contributed by atoms with Crippen LogP contribution < -0.4 is 0 Å². The van der Waals surface area contributed by atoms with Gasteiger partial charge < -0.3 is 9.05 Å². The molecule has 0 aliphatic heterocycles. The summed E-state index contributed by atoms with van der Waals surface area (Å²) in [6.45, 7) is 11.9. The average Bonchev–Trinajstić information content (AvgIpc) is 2.28. The van der Waals surface area contributed by atoms with Crippen LogP contribution >= 0.6 is 17.1 Å². The highest BCUT2D eigenvalue weighted by atomic mass is 32.9. The van der Waals surface area contributed by atoms with Gasteiger partial charge in [-0.15, -0.1) is 0 Å². The van der Waals surface area contributed by atoms with Crippen LogP contribution in [0.5, 0.6) is 0 Å². The van der Waals surface area contributed by atoms with E-state index in [1.165, 1.54) is 11.4 Å². The van der Waals surface area contributed by atoms with Crippen LogP contribution in [0.25, 0.3) is 0 Å². The Morgan fingerprint density at radius 2 is 1.53 bits per heavy atom. The molecule has 0 saturated heterocycles. The third kappa shape index (κ3) is 12.0. The predicted molar refractivity (Wildman–Crippen MR) is 90.8 cm³/mol. The molecule has 112 valence electrons. The molecule has 0 N–H and O–H groups in total. The zero-order valence-electron chi connectivity index (χ0n) is 12.8. The predicted octanol–water partition coefficient (Wildman–Crippen LogP) is 5.58. The topological polar surface area (TPSA) is 18.5 Å². The summed E-state index contributed by atoms with van der Waals surface area (Å²) in [6.07, 6.45) is 4.23. The van der Waals surface area contributed by atoms with Gasteiger partial charge in [-0.25, -0.2) is 0 Å². The fourth-order valence-electron chi connectivity index (χ4n) is 0.963. The van der Waals surface area contributed by atoms with Gasteiger partial charge in [-0.1, -0.05) is 32.6 Å². The Morgan fingerprint density at radius 1 is 1.05 bits per heavy atom. The standard InChI is InChI=1S/C14H27O2PS2/c1-6-8-11-15-17(18,16-12-9-7-2)19-13-10-14(3,4)5/h6-9,11-12H2,1-5H3. The molecule has 0 aromatic carbocycles. The van der Waals surface area contributed by atoms with Crippen LogP contribution in [0.2, 0.25) is 0 Å².